The molecular weight excluding hydrogens is 350 g/mol. The third-order valence-corrected chi connectivity index (χ3v) is 4.67. The van der Waals surface area contributed by atoms with Crippen LogP contribution < -0.4 is 5.56 Å². The number of hydrogen-bond acceptors (Lipinski definition) is 3. The van der Waals surface area contributed by atoms with Crippen molar-refractivity contribution in [2.75, 3.05) is 0 Å². The van der Waals surface area contributed by atoms with Gasteiger partial charge in [-0.05, 0) is 43.2 Å². The molecule has 0 radical (unpaired) electrons. The van der Waals surface area contributed by atoms with E-state index in [0.717, 1.165) is 22.4 Å². The van der Waals surface area contributed by atoms with E-state index in [2.05, 4.69) is 10.1 Å². The standard InChI is InChI=1S/C20H16ClN3O2/c1-11-3-8-15(17(25)9-11)16-10-22-19-18(12(2)23-24(19)20(16)26)13-4-6-14(21)7-5-13/h3-10,23,25H,1-2H3. The van der Waals surface area contributed by atoms with Crippen molar-refractivity contribution in [3.05, 3.63) is 75.3 Å². The van der Waals surface area contributed by atoms with Crippen LogP contribution in [0.4, 0.5) is 0 Å². The topological polar surface area (TPSA) is 70.4 Å². The lowest BCUT2D eigenvalue weighted by atomic mass is 10.0. The molecule has 0 bridgehead atoms. The van der Waals surface area contributed by atoms with E-state index < -0.39 is 0 Å². The molecule has 0 spiro atoms. The number of H-pyrrole nitrogens is 1. The van der Waals surface area contributed by atoms with Crippen molar-refractivity contribution >= 4 is 17.2 Å². The lowest BCUT2D eigenvalue weighted by molar-refractivity contribution is 0.477. The molecule has 4 rings (SSSR count). The van der Waals surface area contributed by atoms with Gasteiger partial charge in [0.25, 0.3) is 5.56 Å². The molecule has 2 aromatic carbocycles. The maximum atomic E-state index is 13.0. The Morgan fingerprint density at radius 2 is 1.81 bits per heavy atom. The van der Waals surface area contributed by atoms with E-state index in [1.807, 2.05) is 32.0 Å². The van der Waals surface area contributed by atoms with Crippen LogP contribution in [0.1, 0.15) is 11.3 Å². The maximum absolute atomic E-state index is 13.0. The number of hydrogen-bond donors (Lipinski definition) is 2. The zero-order chi connectivity index (χ0) is 18.4. The van der Waals surface area contributed by atoms with Gasteiger partial charge >= 0.3 is 0 Å². The molecule has 2 N–H and O–H groups in total. The summed E-state index contributed by atoms with van der Waals surface area (Å²) in [5, 5.41) is 13.9. The van der Waals surface area contributed by atoms with Crippen molar-refractivity contribution in [3.63, 3.8) is 0 Å². The van der Waals surface area contributed by atoms with Gasteiger partial charge in [-0.1, -0.05) is 35.9 Å². The minimum atomic E-state index is -0.266. The van der Waals surface area contributed by atoms with Gasteiger partial charge in [0.05, 0.1) is 5.56 Å². The molecule has 0 fully saturated rings. The highest BCUT2D eigenvalue weighted by Crippen LogP contribution is 2.30. The maximum Gasteiger partial charge on any atom is 0.280 e. The highest BCUT2D eigenvalue weighted by Gasteiger charge is 2.17. The van der Waals surface area contributed by atoms with Gasteiger partial charge in [0.1, 0.15) is 5.75 Å². The molecule has 130 valence electrons. The summed E-state index contributed by atoms with van der Waals surface area (Å²) in [5.74, 6) is 0.0602. The summed E-state index contributed by atoms with van der Waals surface area (Å²) < 4.78 is 1.41. The Balaban J connectivity index is 1.95. The molecule has 4 aromatic rings. The number of aryl methyl sites for hydroxylation is 2. The molecule has 0 aliphatic rings. The van der Waals surface area contributed by atoms with Crippen molar-refractivity contribution in [2.45, 2.75) is 13.8 Å². The van der Waals surface area contributed by atoms with Gasteiger partial charge in [-0.15, -0.1) is 0 Å². The van der Waals surface area contributed by atoms with E-state index in [1.165, 1.54) is 10.7 Å². The van der Waals surface area contributed by atoms with Crippen LogP contribution in [-0.2, 0) is 0 Å². The molecular formula is C20H16ClN3O2. The highest BCUT2D eigenvalue weighted by molar-refractivity contribution is 6.30. The molecule has 6 heteroatoms. The van der Waals surface area contributed by atoms with Crippen LogP contribution in [0.5, 0.6) is 5.75 Å². The Kier molecular flexibility index (Phi) is 3.81. The number of aromatic nitrogens is 3. The second-order valence-corrected chi connectivity index (χ2v) is 6.71. The third kappa shape index (κ3) is 2.57. The first-order chi connectivity index (χ1) is 12.5. The van der Waals surface area contributed by atoms with Gasteiger partial charge < -0.3 is 5.11 Å². The zero-order valence-electron chi connectivity index (χ0n) is 14.2. The fourth-order valence-corrected chi connectivity index (χ4v) is 3.27. The number of halogens is 1. The smallest absolute Gasteiger partial charge is 0.280 e. The number of aromatic hydroxyl groups is 1. The lowest BCUT2D eigenvalue weighted by Crippen LogP contribution is -2.17. The Bertz CT molecular complexity index is 1190. The quantitative estimate of drug-likeness (QED) is 0.555. The second-order valence-electron chi connectivity index (χ2n) is 6.28. The van der Waals surface area contributed by atoms with E-state index >= 15 is 0 Å². The van der Waals surface area contributed by atoms with Crippen LogP contribution in [0, 0.1) is 13.8 Å². The van der Waals surface area contributed by atoms with Crippen LogP contribution in [0.2, 0.25) is 5.02 Å². The first-order valence-corrected chi connectivity index (χ1v) is 8.50. The molecule has 0 saturated heterocycles. The molecule has 0 amide bonds. The van der Waals surface area contributed by atoms with Crippen molar-refractivity contribution < 1.29 is 5.11 Å². The van der Waals surface area contributed by atoms with Gasteiger partial charge in [0, 0.05) is 28.0 Å². The summed E-state index contributed by atoms with van der Waals surface area (Å²) in [6, 6.07) is 12.6. The molecule has 2 aromatic heterocycles. The predicted octanol–water partition coefficient (Wildman–Crippen LogP) is 4.33. The largest absolute Gasteiger partial charge is 0.507 e. The van der Waals surface area contributed by atoms with Crippen LogP contribution >= 0.6 is 11.6 Å². The second kappa shape index (κ2) is 6.04. The molecule has 0 saturated carbocycles. The number of phenolic OH excluding ortho intramolecular Hbond substituents is 1. The van der Waals surface area contributed by atoms with Crippen LogP contribution in [0.3, 0.4) is 0 Å². The Morgan fingerprint density at radius 1 is 1.08 bits per heavy atom. The minimum Gasteiger partial charge on any atom is -0.507 e. The van der Waals surface area contributed by atoms with Crippen molar-refractivity contribution in [2.24, 2.45) is 0 Å². The average Bonchev–Trinajstić information content (AvgIpc) is 2.94. The van der Waals surface area contributed by atoms with Gasteiger partial charge in [0.15, 0.2) is 5.65 Å². The average molecular weight is 366 g/mol. The van der Waals surface area contributed by atoms with E-state index in [1.54, 1.807) is 24.3 Å². The van der Waals surface area contributed by atoms with Crippen molar-refractivity contribution in [1.82, 2.24) is 14.6 Å². The van der Waals surface area contributed by atoms with E-state index in [0.29, 0.717) is 21.8 Å². The SMILES string of the molecule is Cc1ccc(-c2cnc3c(-c4ccc(Cl)cc4)c(C)[nH]n3c2=O)c(O)c1. The fourth-order valence-electron chi connectivity index (χ4n) is 3.14. The molecule has 26 heavy (non-hydrogen) atoms. The molecule has 0 aliphatic carbocycles. The van der Waals surface area contributed by atoms with E-state index in [-0.39, 0.29) is 11.3 Å². The lowest BCUT2D eigenvalue weighted by Gasteiger charge is -2.06. The number of fused-ring (bicyclic) bond motifs is 1. The zero-order valence-corrected chi connectivity index (χ0v) is 15.0. The number of nitrogens with one attached hydrogen (secondary N) is 1. The molecule has 0 unspecified atom stereocenters. The fraction of sp³-hybridized carbons (Fsp3) is 0.100. The van der Waals surface area contributed by atoms with E-state index in [9.17, 15) is 9.90 Å². The summed E-state index contributed by atoms with van der Waals surface area (Å²) in [7, 11) is 0. The Morgan fingerprint density at radius 3 is 2.50 bits per heavy atom. The summed E-state index contributed by atoms with van der Waals surface area (Å²) in [4.78, 5) is 17.5. The summed E-state index contributed by atoms with van der Waals surface area (Å²) in [6.07, 6.45) is 1.51. The summed E-state index contributed by atoms with van der Waals surface area (Å²) in [6.45, 7) is 3.77. The van der Waals surface area contributed by atoms with Crippen LogP contribution in [-0.4, -0.2) is 19.7 Å². The third-order valence-electron chi connectivity index (χ3n) is 4.42. The molecule has 2 heterocycles. The number of phenols is 1. The predicted molar refractivity (Wildman–Crippen MR) is 103 cm³/mol. The van der Waals surface area contributed by atoms with Gasteiger partial charge in [-0.25, -0.2) is 9.50 Å². The molecule has 5 nitrogen and oxygen atoms in total. The summed E-state index contributed by atoms with van der Waals surface area (Å²) in [5.41, 5.74) is 4.57. The molecule has 0 aliphatic heterocycles. The number of aromatic amines is 1. The van der Waals surface area contributed by atoms with Crippen LogP contribution in [0.25, 0.3) is 27.9 Å². The molecule has 0 atom stereocenters. The van der Waals surface area contributed by atoms with Crippen molar-refractivity contribution in [1.29, 1.82) is 0 Å². The Labute approximate surface area is 154 Å². The number of benzene rings is 2. The monoisotopic (exact) mass is 365 g/mol. The summed E-state index contributed by atoms with van der Waals surface area (Å²) >= 11 is 5.97. The normalized spacial score (nSPS) is 11.2. The minimum absolute atomic E-state index is 0.0602. The number of rotatable bonds is 2. The highest BCUT2D eigenvalue weighted by atomic mass is 35.5. The number of nitrogens with zero attached hydrogens (tertiary/aromatic N) is 2. The van der Waals surface area contributed by atoms with Gasteiger partial charge in [-0.3, -0.25) is 9.89 Å². The van der Waals surface area contributed by atoms with Crippen molar-refractivity contribution in [3.8, 4) is 28.0 Å². The van der Waals surface area contributed by atoms with Crippen LogP contribution in [0.15, 0.2) is 53.5 Å². The van der Waals surface area contributed by atoms with Gasteiger partial charge in [-0.2, -0.15) is 0 Å². The first kappa shape index (κ1) is 16.4. The first-order valence-electron chi connectivity index (χ1n) is 8.12. The Hall–Kier alpha value is -3.05. The van der Waals surface area contributed by atoms with E-state index in [4.69, 9.17) is 11.6 Å². The van der Waals surface area contributed by atoms with Gasteiger partial charge in [0.2, 0.25) is 0 Å².